The second-order valence-corrected chi connectivity index (χ2v) is 6.33. The highest BCUT2D eigenvalue weighted by molar-refractivity contribution is 6.09. The maximum Gasteiger partial charge on any atom is 0.266 e. The molecule has 0 aliphatic heterocycles. The van der Waals surface area contributed by atoms with Crippen LogP contribution in [0.1, 0.15) is 22.5 Å². The van der Waals surface area contributed by atoms with Crippen molar-refractivity contribution in [2.24, 2.45) is 0 Å². The van der Waals surface area contributed by atoms with E-state index in [1.54, 1.807) is 36.4 Å². The third-order valence-corrected chi connectivity index (χ3v) is 4.21. The van der Waals surface area contributed by atoms with Crippen LogP contribution < -0.4 is 5.32 Å². The van der Waals surface area contributed by atoms with Gasteiger partial charge < -0.3 is 9.73 Å². The molecule has 0 spiro atoms. The van der Waals surface area contributed by atoms with E-state index in [1.165, 1.54) is 6.08 Å². The fourth-order valence-corrected chi connectivity index (χ4v) is 2.73. The smallest absolute Gasteiger partial charge is 0.266 e. The van der Waals surface area contributed by atoms with Gasteiger partial charge in [0.25, 0.3) is 5.91 Å². The average Bonchev–Trinajstić information content (AvgIpc) is 3.17. The number of rotatable bonds is 4. The third-order valence-electron chi connectivity index (χ3n) is 4.21. The number of nitriles is 2. The number of hydrogen-bond donors (Lipinski definition) is 1. The maximum absolute atomic E-state index is 12.5. The molecule has 28 heavy (non-hydrogen) atoms. The topological polar surface area (TPSA) is 89.8 Å². The fourth-order valence-electron chi connectivity index (χ4n) is 2.73. The molecule has 3 aromatic rings. The Kier molecular flexibility index (Phi) is 5.39. The molecule has 0 saturated heterocycles. The van der Waals surface area contributed by atoms with Gasteiger partial charge in [0.05, 0.1) is 11.6 Å². The van der Waals surface area contributed by atoms with E-state index in [2.05, 4.69) is 11.4 Å². The number of carbonyl (C=O) groups excluding carboxylic acids is 1. The molecule has 3 rings (SSSR count). The normalized spacial score (nSPS) is 10.8. The fraction of sp³-hybridized carbons (Fsp3) is 0.0870. The summed E-state index contributed by atoms with van der Waals surface area (Å²) in [5.41, 5.74) is 3.99. The average molecular weight is 367 g/mol. The largest absolute Gasteiger partial charge is 0.457 e. The Morgan fingerprint density at radius 3 is 2.43 bits per heavy atom. The van der Waals surface area contributed by atoms with Gasteiger partial charge in [0.15, 0.2) is 0 Å². The Morgan fingerprint density at radius 1 is 1.04 bits per heavy atom. The molecule has 5 heteroatoms. The molecule has 136 valence electrons. The zero-order valence-electron chi connectivity index (χ0n) is 15.5. The van der Waals surface area contributed by atoms with Crippen molar-refractivity contribution in [2.75, 3.05) is 5.32 Å². The molecule has 1 heterocycles. The molecule has 0 saturated carbocycles. The van der Waals surface area contributed by atoms with Crippen molar-refractivity contribution in [3.05, 3.63) is 82.6 Å². The lowest BCUT2D eigenvalue weighted by atomic mass is 10.1. The predicted molar refractivity (Wildman–Crippen MR) is 107 cm³/mol. The molecule has 5 nitrogen and oxygen atoms in total. The summed E-state index contributed by atoms with van der Waals surface area (Å²) in [7, 11) is 0. The van der Waals surface area contributed by atoms with Gasteiger partial charge in [-0.05, 0) is 61.9 Å². The SMILES string of the molecule is Cc1ccc(NC(=O)/C(C#N)=C\c2ccc(-c3ccc(C#N)cc3)o2)c(C)c1. The molecule has 0 aliphatic rings. The summed E-state index contributed by atoms with van der Waals surface area (Å²) in [6, 6.07) is 20.1. The van der Waals surface area contributed by atoms with Gasteiger partial charge in [-0.1, -0.05) is 17.7 Å². The highest BCUT2D eigenvalue weighted by atomic mass is 16.3. The van der Waals surface area contributed by atoms with Gasteiger partial charge in [-0.15, -0.1) is 0 Å². The first-order valence-corrected chi connectivity index (χ1v) is 8.61. The minimum atomic E-state index is -0.495. The molecular weight excluding hydrogens is 350 g/mol. The van der Waals surface area contributed by atoms with Gasteiger partial charge in [0.1, 0.15) is 23.2 Å². The van der Waals surface area contributed by atoms with Crippen molar-refractivity contribution in [1.82, 2.24) is 0 Å². The van der Waals surface area contributed by atoms with Crippen LogP contribution in [-0.4, -0.2) is 5.91 Å². The van der Waals surface area contributed by atoms with Crippen LogP contribution >= 0.6 is 0 Å². The highest BCUT2D eigenvalue weighted by Crippen LogP contribution is 2.24. The van der Waals surface area contributed by atoms with Crippen molar-refractivity contribution in [1.29, 1.82) is 10.5 Å². The molecule has 0 fully saturated rings. The van der Waals surface area contributed by atoms with Gasteiger partial charge in [0, 0.05) is 17.3 Å². The number of benzene rings is 2. The Bertz CT molecular complexity index is 1140. The standard InChI is InChI=1S/C23H17N3O2/c1-15-3-9-21(16(2)11-15)26-23(27)19(14-25)12-20-8-10-22(28-20)18-6-4-17(13-24)5-7-18/h3-12H,1-2H3,(H,26,27)/b19-12-. The number of aryl methyl sites for hydroxylation is 2. The summed E-state index contributed by atoms with van der Waals surface area (Å²) in [6.07, 6.45) is 1.41. The number of anilines is 1. The molecular formula is C23H17N3O2. The van der Waals surface area contributed by atoms with E-state index in [9.17, 15) is 10.1 Å². The summed E-state index contributed by atoms with van der Waals surface area (Å²) < 4.78 is 5.72. The van der Waals surface area contributed by atoms with Gasteiger partial charge in [-0.3, -0.25) is 4.79 Å². The first kappa shape index (κ1) is 18.7. The second kappa shape index (κ2) is 8.07. The summed E-state index contributed by atoms with van der Waals surface area (Å²) in [5.74, 6) is 0.486. The number of hydrogen-bond acceptors (Lipinski definition) is 4. The lowest BCUT2D eigenvalue weighted by Gasteiger charge is -2.08. The van der Waals surface area contributed by atoms with Crippen LogP contribution in [0.5, 0.6) is 0 Å². The van der Waals surface area contributed by atoms with Crippen molar-refractivity contribution >= 4 is 17.7 Å². The lowest BCUT2D eigenvalue weighted by molar-refractivity contribution is -0.112. The van der Waals surface area contributed by atoms with Crippen LogP contribution in [-0.2, 0) is 4.79 Å². The Hall–Kier alpha value is -4.09. The molecule has 1 amide bonds. The zero-order valence-corrected chi connectivity index (χ0v) is 15.5. The van der Waals surface area contributed by atoms with E-state index >= 15 is 0 Å². The van der Waals surface area contributed by atoms with E-state index in [4.69, 9.17) is 9.68 Å². The van der Waals surface area contributed by atoms with Gasteiger partial charge in [0.2, 0.25) is 0 Å². The van der Waals surface area contributed by atoms with E-state index in [1.807, 2.05) is 38.1 Å². The monoisotopic (exact) mass is 367 g/mol. The van der Waals surface area contributed by atoms with Crippen molar-refractivity contribution in [3.8, 4) is 23.5 Å². The van der Waals surface area contributed by atoms with Crippen LogP contribution in [0.25, 0.3) is 17.4 Å². The van der Waals surface area contributed by atoms with Gasteiger partial charge in [-0.25, -0.2) is 0 Å². The van der Waals surface area contributed by atoms with Crippen LogP contribution in [0.3, 0.4) is 0 Å². The van der Waals surface area contributed by atoms with E-state index in [0.717, 1.165) is 16.7 Å². The number of nitrogens with one attached hydrogen (secondary N) is 1. The number of amides is 1. The van der Waals surface area contributed by atoms with E-state index in [0.29, 0.717) is 22.8 Å². The molecule has 0 aliphatic carbocycles. The maximum atomic E-state index is 12.5. The number of carbonyl (C=O) groups is 1. The van der Waals surface area contributed by atoms with Crippen LogP contribution in [0.2, 0.25) is 0 Å². The highest BCUT2D eigenvalue weighted by Gasteiger charge is 2.12. The Morgan fingerprint density at radius 2 is 1.79 bits per heavy atom. The minimum Gasteiger partial charge on any atom is -0.457 e. The van der Waals surface area contributed by atoms with Crippen molar-refractivity contribution in [3.63, 3.8) is 0 Å². The molecule has 0 atom stereocenters. The first-order valence-electron chi connectivity index (χ1n) is 8.61. The predicted octanol–water partition coefficient (Wildman–Crippen LogP) is 4.98. The van der Waals surface area contributed by atoms with Gasteiger partial charge in [-0.2, -0.15) is 10.5 Å². The summed E-state index contributed by atoms with van der Waals surface area (Å²) >= 11 is 0. The first-order chi connectivity index (χ1) is 13.5. The Balaban J connectivity index is 1.80. The van der Waals surface area contributed by atoms with Crippen LogP contribution in [0, 0.1) is 36.5 Å². The van der Waals surface area contributed by atoms with E-state index < -0.39 is 5.91 Å². The quantitative estimate of drug-likeness (QED) is 0.520. The van der Waals surface area contributed by atoms with Gasteiger partial charge >= 0.3 is 0 Å². The van der Waals surface area contributed by atoms with Crippen molar-refractivity contribution in [2.45, 2.75) is 13.8 Å². The summed E-state index contributed by atoms with van der Waals surface area (Å²) in [4.78, 5) is 12.5. The second-order valence-electron chi connectivity index (χ2n) is 6.33. The van der Waals surface area contributed by atoms with E-state index in [-0.39, 0.29) is 5.57 Å². The molecule has 0 bridgehead atoms. The molecule has 1 aromatic heterocycles. The van der Waals surface area contributed by atoms with Crippen molar-refractivity contribution < 1.29 is 9.21 Å². The molecule has 0 radical (unpaired) electrons. The Labute approximate surface area is 163 Å². The van der Waals surface area contributed by atoms with Crippen LogP contribution in [0.4, 0.5) is 5.69 Å². The lowest BCUT2D eigenvalue weighted by Crippen LogP contribution is -2.14. The zero-order chi connectivity index (χ0) is 20.1. The minimum absolute atomic E-state index is 0.0549. The molecule has 2 aromatic carbocycles. The molecule has 1 N–H and O–H groups in total. The van der Waals surface area contributed by atoms with Crippen LogP contribution in [0.15, 0.2) is 64.6 Å². The third kappa shape index (κ3) is 4.17. The summed E-state index contributed by atoms with van der Waals surface area (Å²) in [5, 5.41) is 21.0. The number of nitrogens with zero attached hydrogens (tertiary/aromatic N) is 2. The molecule has 0 unspecified atom stereocenters. The number of furan rings is 1. The summed E-state index contributed by atoms with van der Waals surface area (Å²) in [6.45, 7) is 3.87.